The first-order valence-corrected chi connectivity index (χ1v) is 16.1. The minimum Gasteiger partial charge on any atom is -0.490 e. The summed E-state index contributed by atoms with van der Waals surface area (Å²) in [7, 11) is 0. The third-order valence-corrected chi connectivity index (χ3v) is 8.64. The van der Waals surface area contributed by atoms with Crippen molar-refractivity contribution in [2.75, 3.05) is 26.4 Å². The first kappa shape index (κ1) is 31.8. The number of hydrogen-bond acceptors (Lipinski definition) is 4. The lowest BCUT2D eigenvalue weighted by Crippen LogP contribution is -2.20. The number of benzene rings is 6. The van der Waals surface area contributed by atoms with E-state index in [1.807, 2.05) is 72.8 Å². The molecule has 0 unspecified atom stereocenters. The Morgan fingerprint density at radius 3 is 0.915 bits per heavy atom. The summed E-state index contributed by atoms with van der Waals surface area (Å²) in [5.41, 5.74) is 9.81. The Kier molecular flexibility index (Phi) is 9.82. The maximum absolute atomic E-state index is 9.75. The molecule has 47 heavy (non-hydrogen) atoms. The Hall–Kier alpha value is -5.16. The molecule has 6 aromatic carbocycles. The number of aliphatic hydroxyl groups excluding tert-OH is 2. The summed E-state index contributed by atoms with van der Waals surface area (Å²) in [6.07, 6.45) is 0. The van der Waals surface area contributed by atoms with Gasteiger partial charge in [0, 0.05) is 27.7 Å². The van der Waals surface area contributed by atoms with Gasteiger partial charge in [-0.2, -0.15) is 0 Å². The van der Waals surface area contributed by atoms with Crippen molar-refractivity contribution in [2.24, 2.45) is 0 Å². The molecule has 0 heterocycles. The molecule has 0 bridgehead atoms. The highest BCUT2D eigenvalue weighted by Crippen LogP contribution is 2.47. The molecule has 4 heteroatoms. The second-order valence-corrected chi connectivity index (χ2v) is 12.0. The van der Waals surface area contributed by atoms with Crippen LogP contribution in [0.3, 0.4) is 0 Å². The van der Waals surface area contributed by atoms with Gasteiger partial charge in [0.1, 0.15) is 24.7 Å². The van der Waals surface area contributed by atoms with E-state index in [1.54, 1.807) is 0 Å². The van der Waals surface area contributed by atoms with Crippen LogP contribution < -0.4 is 9.47 Å². The van der Waals surface area contributed by atoms with Gasteiger partial charge in [0.05, 0.1) is 13.2 Å². The first-order valence-electron chi connectivity index (χ1n) is 16.1. The number of rotatable bonds is 12. The van der Waals surface area contributed by atoms with Crippen molar-refractivity contribution in [3.05, 3.63) is 157 Å². The van der Waals surface area contributed by atoms with E-state index in [2.05, 4.69) is 86.6 Å². The zero-order valence-corrected chi connectivity index (χ0v) is 26.9. The Morgan fingerprint density at radius 1 is 0.426 bits per heavy atom. The maximum Gasteiger partial charge on any atom is 0.135 e. The van der Waals surface area contributed by atoms with Crippen LogP contribution in [0, 0.1) is 0 Å². The third-order valence-electron chi connectivity index (χ3n) is 8.64. The Balaban J connectivity index is 1.63. The van der Waals surface area contributed by atoms with Crippen LogP contribution in [0.5, 0.6) is 11.5 Å². The highest BCUT2D eigenvalue weighted by atomic mass is 16.5. The molecule has 6 rings (SSSR count). The van der Waals surface area contributed by atoms with Gasteiger partial charge >= 0.3 is 0 Å². The molecule has 0 atom stereocenters. The van der Waals surface area contributed by atoms with E-state index in [9.17, 15) is 10.2 Å². The fourth-order valence-electron chi connectivity index (χ4n) is 6.08. The van der Waals surface area contributed by atoms with Crippen LogP contribution in [-0.2, 0) is 5.41 Å². The van der Waals surface area contributed by atoms with Crippen LogP contribution in [0.25, 0.3) is 44.5 Å². The third kappa shape index (κ3) is 6.85. The van der Waals surface area contributed by atoms with Gasteiger partial charge in [-0.05, 0) is 57.6 Å². The van der Waals surface area contributed by atoms with Gasteiger partial charge in [-0.25, -0.2) is 0 Å². The summed E-state index contributed by atoms with van der Waals surface area (Å²) >= 11 is 0. The number of hydrogen-bond donors (Lipinski definition) is 2. The van der Waals surface area contributed by atoms with Crippen molar-refractivity contribution in [2.45, 2.75) is 19.3 Å². The minimum atomic E-state index is -0.467. The van der Waals surface area contributed by atoms with Gasteiger partial charge in [0.25, 0.3) is 0 Å². The summed E-state index contributed by atoms with van der Waals surface area (Å²) in [5, 5.41) is 19.5. The van der Waals surface area contributed by atoms with Crippen molar-refractivity contribution >= 4 is 0 Å². The van der Waals surface area contributed by atoms with Crippen LogP contribution in [0.1, 0.15) is 25.0 Å². The molecule has 2 N–H and O–H groups in total. The number of ether oxygens (including phenoxy) is 2. The molecular formula is C43H40O4. The first-order chi connectivity index (χ1) is 23.0. The maximum atomic E-state index is 9.75. The van der Waals surface area contributed by atoms with Crippen LogP contribution >= 0.6 is 0 Å². The Bertz CT molecular complexity index is 1640. The SMILES string of the molecule is CC(C)(c1cc(-c2ccccc2)c(OCCO)c(-c2ccccc2)c1)c1cc(-c2ccccc2)c(OCCO)c(-c2ccccc2)c1. The quantitative estimate of drug-likeness (QED) is 0.143. The molecule has 0 fully saturated rings. The summed E-state index contributed by atoms with van der Waals surface area (Å²) in [6, 6.07) is 50.1. The molecular weight excluding hydrogens is 580 g/mol. The van der Waals surface area contributed by atoms with Gasteiger partial charge in [-0.15, -0.1) is 0 Å². The Morgan fingerprint density at radius 2 is 0.681 bits per heavy atom. The molecule has 6 aromatic rings. The molecule has 0 saturated heterocycles. The molecule has 0 aliphatic carbocycles. The van der Waals surface area contributed by atoms with E-state index in [0.717, 1.165) is 67.1 Å². The van der Waals surface area contributed by atoms with Gasteiger partial charge < -0.3 is 19.7 Å². The van der Waals surface area contributed by atoms with E-state index >= 15 is 0 Å². The average molecular weight is 621 g/mol. The molecule has 0 aromatic heterocycles. The van der Waals surface area contributed by atoms with Crippen molar-refractivity contribution < 1.29 is 19.7 Å². The molecule has 0 aliphatic heterocycles. The van der Waals surface area contributed by atoms with E-state index in [-0.39, 0.29) is 26.4 Å². The molecule has 236 valence electrons. The molecule has 0 amide bonds. The lowest BCUT2D eigenvalue weighted by Gasteiger charge is -2.31. The second-order valence-electron chi connectivity index (χ2n) is 12.0. The topological polar surface area (TPSA) is 58.9 Å². The fraction of sp³-hybridized carbons (Fsp3) is 0.163. The van der Waals surface area contributed by atoms with E-state index in [0.29, 0.717) is 0 Å². The predicted octanol–water partition coefficient (Wildman–Crippen LogP) is 9.42. The van der Waals surface area contributed by atoms with Crippen LogP contribution in [-0.4, -0.2) is 36.6 Å². The standard InChI is InChI=1S/C43H40O4/c1-43(2,35-27-37(31-15-7-3-8-16-31)41(46-25-23-44)38(28-35)32-17-9-4-10-18-32)36-29-39(33-19-11-5-12-20-33)42(47-26-24-45)40(30-36)34-21-13-6-14-22-34/h3-22,27-30,44-45H,23-26H2,1-2H3. The summed E-state index contributed by atoms with van der Waals surface area (Å²) in [5.74, 6) is 1.50. The van der Waals surface area contributed by atoms with Crippen molar-refractivity contribution in [3.8, 4) is 56.0 Å². The lowest BCUT2D eigenvalue weighted by molar-refractivity contribution is 0.202. The van der Waals surface area contributed by atoms with Crippen molar-refractivity contribution in [3.63, 3.8) is 0 Å². The smallest absolute Gasteiger partial charge is 0.135 e. The monoisotopic (exact) mass is 620 g/mol. The summed E-state index contributed by atoms with van der Waals surface area (Å²) < 4.78 is 12.6. The highest BCUT2D eigenvalue weighted by molar-refractivity contribution is 5.86. The second kappa shape index (κ2) is 14.5. The molecule has 0 aliphatic rings. The normalized spacial score (nSPS) is 11.3. The van der Waals surface area contributed by atoms with Crippen LogP contribution in [0.15, 0.2) is 146 Å². The lowest BCUT2D eigenvalue weighted by atomic mass is 9.74. The van der Waals surface area contributed by atoms with E-state index in [4.69, 9.17) is 9.47 Å². The van der Waals surface area contributed by atoms with Crippen molar-refractivity contribution in [1.29, 1.82) is 0 Å². The zero-order valence-electron chi connectivity index (χ0n) is 26.9. The van der Waals surface area contributed by atoms with Gasteiger partial charge in [-0.3, -0.25) is 0 Å². The average Bonchev–Trinajstić information content (AvgIpc) is 3.13. The minimum absolute atomic E-state index is 0.0784. The molecule has 0 spiro atoms. The van der Waals surface area contributed by atoms with Gasteiger partial charge in [0.2, 0.25) is 0 Å². The Labute approximate surface area is 277 Å². The summed E-state index contributed by atoms with van der Waals surface area (Å²) in [6.45, 7) is 4.74. The van der Waals surface area contributed by atoms with Crippen molar-refractivity contribution in [1.82, 2.24) is 0 Å². The summed E-state index contributed by atoms with van der Waals surface area (Å²) in [4.78, 5) is 0. The van der Waals surface area contributed by atoms with Crippen LogP contribution in [0.4, 0.5) is 0 Å². The van der Waals surface area contributed by atoms with Gasteiger partial charge in [0.15, 0.2) is 0 Å². The van der Waals surface area contributed by atoms with Crippen LogP contribution in [0.2, 0.25) is 0 Å². The zero-order chi connectivity index (χ0) is 32.6. The molecule has 0 saturated carbocycles. The predicted molar refractivity (Wildman–Crippen MR) is 192 cm³/mol. The van der Waals surface area contributed by atoms with Gasteiger partial charge in [-0.1, -0.05) is 135 Å². The fourth-order valence-corrected chi connectivity index (χ4v) is 6.08. The highest BCUT2D eigenvalue weighted by Gasteiger charge is 2.29. The van der Waals surface area contributed by atoms with E-state index in [1.165, 1.54) is 0 Å². The van der Waals surface area contributed by atoms with E-state index < -0.39 is 5.41 Å². The molecule has 0 radical (unpaired) electrons. The molecule has 4 nitrogen and oxygen atoms in total. The number of aliphatic hydroxyl groups is 2. The largest absolute Gasteiger partial charge is 0.490 e.